The lowest BCUT2D eigenvalue weighted by Gasteiger charge is -2.39. The number of ether oxygens (including phenoxy) is 1. The summed E-state index contributed by atoms with van der Waals surface area (Å²) >= 11 is 13.0. The average molecular weight is 1210 g/mol. The number of alkyl halides is 2. The number of benzene rings is 5. The Hall–Kier alpha value is -8.13. The van der Waals surface area contributed by atoms with Gasteiger partial charge in [0.1, 0.15) is 23.8 Å². The van der Waals surface area contributed by atoms with Crippen molar-refractivity contribution in [2.75, 3.05) is 64.9 Å². The number of carbonyl (C=O) groups is 9. The lowest BCUT2D eigenvalue weighted by molar-refractivity contribution is -0.151. The highest BCUT2D eigenvalue weighted by Gasteiger charge is 2.51. The maximum atomic E-state index is 14.2. The van der Waals surface area contributed by atoms with Crippen LogP contribution >= 0.6 is 31.9 Å². The van der Waals surface area contributed by atoms with Crippen molar-refractivity contribution in [2.24, 2.45) is 11.1 Å². The Morgan fingerprint density at radius 1 is 0.690 bits per heavy atom. The second-order valence-electron chi connectivity index (χ2n) is 21.2. The number of imide groups is 1. The Bertz CT molecular complexity index is 3420. The summed E-state index contributed by atoms with van der Waals surface area (Å²) < 4.78 is 22.6. The van der Waals surface area contributed by atoms with Crippen LogP contribution in [0.3, 0.4) is 0 Å². The van der Waals surface area contributed by atoms with Crippen LogP contribution in [0.1, 0.15) is 99.2 Å². The van der Waals surface area contributed by atoms with Crippen LogP contribution in [0, 0.1) is 5.41 Å². The van der Waals surface area contributed by atoms with E-state index in [0.717, 1.165) is 32.2 Å². The summed E-state index contributed by atoms with van der Waals surface area (Å²) in [6.07, 6.45) is 5.39. The van der Waals surface area contributed by atoms with Crippen LogP contribution in [0.5, 0.6) is 5.75 Å². The summed E-state index contributed by atoms with van der Waals surface area (Å²) in [5.41, 5.74) is 8.22. The smallest absolute Gasteiger partial charge is 0.411 e. The van der Waals surface area contributed by atoms with Crippen molar-refractivity contribution in [1.82, 2.24) is 20.9 Å². The molecule has 10 amide bonds. The van der Waals surface area contributed by atoms with E-state index in [2.05, 4.69) is 26.6 Å². The fourth-order valence-corrected chi connectivity index (χ4v) is 12.2. The number of rotatable bonds is 26. The van der Waals surface area contributed by atoms with E-state index in [1.54, 1.807) is 46.2 Å². The molecule has 1 saturated carbocycles. The standard InChI is InChI=1S/C60H64Cl2N9O12P/c61-31-37-33-70(49(72)16-8-17-50(73)71-34-38(32-62)54-43-14-5-3-12-41(43)48(83-84-81)30-47(54)71)46-29-45(40-11-2-4-13-42(40)53(37)46)68-59(80)82-35-36-18-20-39(21-19-36)66-55(76)44(15-9-27-65-58(63)79)67-57(78)60(24-10-25-60)56(77)64-26-6-1-7-28-69-51(74)22-23-52(69)75/h2-5,11-14,18-23,29-30,37-38,44H,1,6-10,15-17,24-28,31-35H2,(H,64,77)(H,66,76)(H,67,78)(H,68,80)(H3,63,65,79)/t37-,38-,44+/m1/s1. The van der Waals surface area contributed by atoms with Crippen LogP contribution in [-0.4, -0.2) is 109 Å². The summed E-state index contributed by atoms with van der Waals surface area (Å²) in [6.45, 7) is 1.17. The molecule has 4 aliphatic rings. The van der Waals surface area contributed by atoms with Crippen LogP contribution in [0.2, 0.25) is 0 Å². The SMILES string of the molecule is NC(=O)NCCC[C@H](NC(=O)C1(C(=O)NCCCCCN2C(=O)C=CC2=O)CCC1)C(=O)Nc1ccc(COC(=O)Nc2cc3c(c4ccccc24)[C@H](CCl)CN3C(=O)CCCC(=O)N2C[C@@H](CCl)c3c2cc(OP=O)c2ccccc32)cc1. The molecule has 21 nitrogen and oxygen atoms in total. The molecule has 0 saturated heterocycles. The number of hydrogen-bond acceptors (Lipinski definition) is 12. The molecule has 0 radical (unpaired) electrons. The molecule has 84 heavy (non-hydrogen) atoms. The van der Waals surface area contributed by atoms with Crippen molar-refractivity contribution >= 4 is 130 Å². The molecular formula is C60H64Cl2N9O12P. The molecule has 24 heteroatoms. The van der Waals surface area contributed by atoms with Crippen molar-refractivity contribution in [1.29, 1.82) is 0 Å². The first-order valence-electron chi connectivity index (χ1n) is 28.0. The maximum absolute atomic E-state index is 14.2. The van der Waals surface area contributed by atoms with Crippen molar-refractivity contribution in [3.05, 3.63) is 114 Å². The third-order valence-electron chi connectivity index (χ3n) is 15.9. The van der Waals surface area contributed by atoms with Gasteiger partial charge in [-0.15, -0.1) is 23.2 Å². The highest BCUT2D eigenvalue weighted by molar-refractivity contribution is 7.17. The Balaban J connectivity index is 0.791. The van der Waals surface area contributed by atoms with Gasteiger partial charge in [-0.2, -0.15) is 0 Å². The molecule has 3 aliphatic heterocycles. The zero-order valence-corrected chi connectivity index (χ0v) is 48.3. The Morgan fingerprint density at radius 2 is 1.29 bits per heavy atom. The number of amides is 10. The fourth-order valence-electron chi connectivity index (χ4n) is 11.4. The van der Waals surface area contributed by atoms with E-state index in [1.165, 1.54) is 12.2 Å². The minimum absolute atomic E-state index is 0.0502. The highest BCUT2D eigenvalue weighted by atomic mass is 35.5. The quantitative estimate of drug-likeness (QED) is 0.00996. The van der Waals surface area contributed by atoms with E-state index in [0.29, 0.717) is 78.2 Å². The van der Waals surface area contributed by atoms with E-state index in [4.69, 9.17) is 38.2 Å². The number of fused-ring (bicyclic) bond motifs is 6. The molecule has 0 unspecified atom stereocenters. The van der Waals surface area contributed by atoms with E-state index in [-0.39, 0.29) is 118 Å². The van der Waals surface area contributed by atoms with E-state index in [9.17, 15) is 47.7 Å². The van der Waals surface area contributed by atoms with Crippen LogP contribution in [0.4, 0.5) is 32.3 Å². The molecule has 5 aromatic carbocycles. The average Bonchev–Trinajstić information content (AvgIpc) is 1.97. The lowest BCUT2D eigenvalue weighted by Crippen LogP contribution is -2.58. The summed E-state index contributed by atoms with van der Waals surface area (Å²) in [4.78, 5) is 122. The van der Waals surface area contributed by atoms with Gasteiger partial charge in [0.15, 0.2) is 0 Å². The zero-order chi connectivity index (χ0) is 59.5. The van der Waals surface area contributed by atoms with E-state index < -0.39 is 50.0 Å². The van der Waals surface area contributed by atoms with Gasteiger partial charge in [0, 0.05) is 110 Å². The largest absolute Gasteiger partial charge is 0.444 e. The number of nitrogens with two attached hydrogens (primary N) is 1. The first kappa shape index (κ1) is 60.5. The van der Waals surface area contributed by atoms with E-state index in [1.807, 2.05) is 48.5 Å². The summed E-state index contributed by atoms with van der Waals surface area (Å²) in [5, 5.41) is 16.9. The van der Waals surface area contributed by atoms with Gasteiger partial charge in [-0.1, -0.05) is 67.1 Å². The van der Waals surface area contributed by atoms with Gasteiger partial charge in [-0.25, -0.2) is 14.2 Å². The molecule has 3 heterocycles. The first-order valence-corrected chi connectivity index (χ1v) is 29.8. The molecule has 3 atom stereocenters. The van der Waals surface area contributed by atoms with Crippen molar-refractivity contribution in [3.8, 4) is 5.75 Å². The minimum atomic E-state index is -1.37. The van der Waals surface area contributed by atoms with Gasteiger partial charge in [0.05, 0.1) is 11.4 Å². The molecule has 9 rings (SSSR count). The van der Waals surface area contributed by atoms with Crippen LogP contribution in [-0.2, 0) is 49.5 Å². The minimum Gasteiger partial charge on any atom is -0.444 e. The second-order valence-corrected chi connectivity index (χ2v) is 22.2. The second kappa shape index (κ2) is 27.5. The number of nitrogens with one attached hydrogen (secondary N) is 5. The van der Waals surface area contributed by atoms with Gasteiger partial charge in [0.25, 0.3) is 11.8 Å². The number of hydrogen-bond donors (Lipinski definition) is 6. The summed E-state index contributed by atoms with van der Waals surface area (Å²) in [5.74, 6) is -2.20. The number of nitrogens with zero attached hydrogens (tertiary/aromatic N) is 3. The zero-order valence-electron chi connectivity index (χ0n) is 45.9. The number of unbranched alkanes of at least 4 members (excludes halogenated alkanes) is 2. The normalized spacial score (nSPS) is 16.9. The molecular weight excluding hydrogens is 1140 g/mol. The predicted molar refractivity (Wildman–Crippen MR) is 318 cm³/mol. The van der Waals surface area contributed by atoms with Gasteiger partial charge in [0.2, 0.25) is 29.5 Å². The molecule has 440 valence electrons. The Morgan fingerprint density at radius 3 is 1.88 bits per heavy atom. The molecule has 7 N–H and O–H groups in total. The third kappa shape index (κ3) is 13.4. The van der Waals surface area contributed by atoms with Crippen LogP contribution in [0.25, 0.3) is 21.5 Å². The predicted octanol–water partition coefficient (Wildman–Crippen LogP) is 8.79. The molecule has 0 bridgehead atoms. The molecule has 1 aliphatic carbocycles. The lowest BCUT2D eigenvalue weighted by atomic mass is 9.67. The summed E-state index contributed by atoms with van der Waals surface area (Å²) in [7, 11) is -0.531. The molecule has 1 fully saturated rings. The molecule has 0 spiro atoms. The Kier molecular flexibility index (Phi) is 19.8. The number of urea groups is 1. The van der Waals surface area contributed by atoms with Crippen LogP contribution < -0.4 is 46.6 Å². The monoisotopic (exact) mass is 1200 g/mol. The number of primary amides is 1. The highest BCUT2D eigenvalue weighted by Crippen LogP contribution is 2.48. The van der Waals surface area contributed by atoms with Crippen molar-refractivity contribution in [3.63, 3.8) is 0 Å². The van der Waals surface area contributed by atoms with Gasteiger partial charge < -0.3 is 46.1 Å². The van der Waals surface area contributed by atoms with Gasteiger partial charge in [-0.3, -0.25) is 43.8 Å². The first-order chi connectivity index (χ1) is 40.6. The summed E-state index contributed by atoms with van der Waals surface area (Å²) in [6, 6.07) is 23.2. The third-order valence-corrected chi connectivity index (χ3v) is 16.9. The topological polar surface area (TPSA) is 285 Å². The number of carbonyl (C=O) groups excluding carboxylic acids is 9. The number of halogens is 2. The molecule has 0 aromatic heterocycles. The van der Waals surface area contributed by atoms with Crippen molar-refractivity contribution in [2.45, 2.75) is 95.1 Å². The van der Waals surface area contributed by atoms with Crippen LogP contribution in [0.15, 0.2) is 97.1 Å². The number of anilines is 4. The fraction of sp³-hybridized carbons (Fsp3) is 0.383. The maximum Gasteiger partial charge on any atom is 0.411 e. The molecule has 5 aromatic rings. The van der Waals surface area contributed by atoms with Gasteiger partial charge >= 0.3 is 20.8 Å². The van der Waals surface area contributed by atoms with Crippen molar-refractivity contribution < 1.29 is 57.0 Å². The van der Waals surface area contributed by atoms with Gasteiger partial charge in [-0.05, 0) is 97.0 Å². The van der Waals surface area contributed by atoms with E-state index >= 15 is 0 Å². The Labute approximate surface area is 495 Å².